The Balaban J connectivity index is 1.49. The molecule has 4 aromatic rings. The van der Waals surface area contributed by atoms with Crippen LogP contribution in [0.15, 0.2) is 50.8 Å². The van der Waals surface area contributed by atoms with Crippen molar-refractivity contribution in [3.8, 4) is 5.69 Å². The van der Waals surface area contributed by atoms with Crippen molar-refractivity contribution < 1.29 is 9.21 Å². The minimum Gasteiger partial charge on any atom is -0.408 e. The van der Waals surface area contributed by atoms with Gasteiger partial charge < -0.3 is 14.6 Å². The van der Waals surface area contributed by atoms with Gasteiger partial charge in [-0.1, -0.05) is 23.9 Å². The SMILES string of the molecule is Cc1ccc(C)c(-n2c(C)nnc2SCC(=O)Nc2ccc3oc(=O)n(CCN(C)C)c3c2)c1. The average Bonchev–Trinajstić information content (AvgIpc) is 3.30. The molecule has 0 spiro atoms. The second kappa shape index (κ2) is 9.86. The van der Waals surface area contributed by atoms with E-state index in [-0.39, 0.29) is 11.7 Å². The first-order valence-corrected chi connectivity index (χ1v) is 11.9. The monoisotopic (exact) mass is 480 g/mol. The lowest BCUT2D eigenvalue weighted by Gasteiger charge is -2.12. The maximum Gasteiger partial charge on any atom is 0.419 e. The lowest BCUT2D eigenvalue weighted by Crippen LogP contribution is -2.23. The van der Waals surface area contributed by atoms with Gasteiger partial charge in [0.1, 0.15) is 5.82 Å². The van der Waals surface area contributed by atoms with Crippen molar-refractivity contribution in [1.82, 2.24) is 24.2 Å². The number of nitrogens with one attached hydrogen (secondary N) is 1. The minimum absolute atomic E-state index is 0.167. The van der Waals surface area contributed by atoms with E-state index in [4.69, 9.17) is 4.42 Å². The molecule has 0 unspecified atom stereocenters. The fourth-order valence-electron chi connectivity index (χ4n) is 3.65. The van der Waals surface area contributed by atoms with Crippen LogP contribution < -0.4 is 11.1 Å². The molecule has 2 aromatic heterocycles. The number of aromatic nitrogens is 4. The molecular weight excluding hydrogens is 452 g/mol. The molecule has 34 heavy (non-hydrogen) atoms. The summed E-state index contributed by atoms with van der Waals surface area (Å²) in [5.74, 6) is 0.345. The summed E-state index contributed by atoms with van der Waals surface area (Å²) in [6.45, 7) is 7.18. The summed E-state index contributed by atoms with van der Waals surface area (Å²) in [6, 6.07) is 11.4. The number of fused-ring (bicyclic) bond motifs is 1. The molecule has 2 aromatic carbocycles. The van der Waals surface area contributed by atoms with Crippen LogP contribution in [0.4, 0.5) is 5.69 Å². The summed E-state index contributed by atoms with van der Waals surface area (Å²) >= 11 is 1.32. The number of aryl methyl sites for hydroxylation is 3. The normalized spacial score (nSPS) is 11.5. The van der Waals surface area contributed by atoms with Crippen LogP contribution in [0.25, 0.3) is 16.8 Å². The molecule has 0 saturated carbocycles. The highest BCUT2D eigenvalue weighted by molar-refractivity contribution is 7.99. The van der Waals surface area contributed by atoms with Gasteiger partial charge in [0.2, 0.25) is 5.91 Å². The molecule has 9 nitrogen and oxygen atoms in total. The fourth-order valence-corrected chi connectivity index (χ4v) is 4.44. The van der Waals surface area contributed by atoms with Gasteiger partial charge in [-0.3, -0.25) is 13.9 Å². The number of carbonyl (C=O) groups is 1. The lowest BCUT2D eigenvalue weighted by molar-refractivity contribution is -0.113. The van der Waals surface area contributed by atoms with Gasteiger partial charge in [-0.25, -0.2) is 4.79 Å². The number of anilines is 1. The van der Waals surface area contributed by atoms with E-state index in [1.54, 1.807) is 22.8 Å². The Hall–Kier alpha value is -3.37. The van der Waals surface area contributed by atoms with Crippen molar-refractivity contribution in [2.75, 3.05) is 31.7 Å². The average molecular weight is 481 g/mol. The number of carbonyl (C=O) groups excluding carboxylic acids is 1. The number of likely N-dealkylation sites (N-methyl/N-ethyl adjacent to an activating group) is 1. The van der Waals surface area contributed by atoms with Crippen molar-refractivity contribution in [2.45, 2.75) is 32.5 Å². The van der Waals surface area contributed by atoms with E-state index in [2.05, 4.69) is 33.7 Å². The number of rotatable bonds is 8. The van der Waals surface area contributed by atoms with Gasteiger partial charge in [0, 0.05) is 18.8 Å². The predicted octanol–water partition coefficient (Wildman–Crippen LogP) is 3.39. The number of benzene rings is 2. The van der Waals surface area contributed by atoms with E-state index in [9.17, 15) is 9.59 Å². The largest absolute Gasteiger partial charge is 0.419 e. The molecule has 4 rings (SSSR count). The number of nitrogens with zero attached hydrogens (tertiary/aromatic N) is 5. The van der Waals surface area contributed by atoms with Crippen LogP contribution in [0.2, 0.25) is 0 Å². The number of oxazole rings is 1. The summed E-state index contributed by atoms with van der Waals surface area (Å²) in [7, 11) is 3.89. The van der Waals surface area contributed by atoms with Crippen molar-refractivity contribution in [3.05, 3.63) is 63.9 Å². The zero-order chi connectivity index (χ0) is 24.4. The van der Waals surface area contributed by atoms with Gasteiger partial charge in [0.05, 0.1) is 17.0 Å². The molecule has 1 N–H and O–H groups in total. The number of thioether (sulfide) groups is 1. The van der Waals surface area contributed by atoms with Crippen LogP contribution in [0.3, 0.4) is 0 Å². The van der Waals surface area contributed by atoms with Crippen LogP contribution in [0, 0.1) is 20.8 Å². The van der Waals surface area contributed by atoms with Gasteiger partial charge in [0.15, 0.2) is 10.7 Å². The molecule has 0 saturated heterocycles. The summed E-state index contributed by atoms with van der Waals surface area (Å²) in [6.07, 6.45) is 0. The Morgan fingerprint density at radius 2 is 1.91 bits per heavy atom. The molecule has 0 aliphatic carbocycles. The number of hydrogen-bond donors (Lipinski definition) is 1. The summed E-state index contributed by atoms with van der Waals surface area (Å²) in [5.41, 5.74) is 5.00. The van der Waals surface area contributed by atoms with Crippen LogP contribution in [-0.4, -0.2) is 56.5 Å². The highest BCUT2D eigenvalue weighted by atomic mass is 32.2. The first-order chi connectivity index (χ1) is 16.2. The molecule has 0 radical (unpaired) electrons. The molecule has 0 bridgehead atoms. The zero-order valence-electron chi connectivity index (χ0n) is 20.0. The van der Waals surface area contributed by atoms with E-state index >= 15 is 0 Å². The van der Waals surface area contributed by atoms with E-state index in [1.165, 1.54) is 11.8 Å². The first kappa shape index (κ1) is 23.8. The third-order valence-corrected chi connectivity index (χ3v) is 6.38. The van der Waals surface area contributed by atoms with Gasteiger partial charge in [0.25, 0.3) is 0 Å². The number of hydrogen-bond acceptors (Lipinski definition) is 7. The molecule has 0 atom stereocenters. The highest BCUT2D eigenvalue weighted by Crippen LogP contribution is 2.25. The van der Waals surface area contributed by atoms with Gasteiger partial charge >= 0.3 is 5.76 Å². The van der Waals surface area contributed by atoms with Crippen molar-refractivity contribution in [2.24, 2.45) is 0 Å². The number of amides is 1. The summed E-state index contributed by atoms with van der Waals surface area (Å²) in [5, 5.41) is 12.1. The smallest absolute Gasteiger partial charge is 0.408 e. The summed E-state index contributed by atoms with van der Waals surface area (Å²) in [4.78, 5) is 26.9. The van der Waals surface area contributed by atoms with Crippen LogP contribution in [0.5, 0.6) is 0 Å². The first-order valence-electron chi connectivity index (χ1n) is 10.9. The van der Waals surface area contributed by atoms with Crippen molar-refractivity contribution >= 4 is 34.5 Å². The van der Waals surface area contributed by atoms with E-state index in [1.807, 2.05) is 44.3 Å². The van der Waals surface area contributed by atoms with Gasteiger partial charge in [-0.2, -0.15) is 0 Å². The van der Waals surface area contributed by atoms with Crippen molar-refractivity contribution in [3.63, 3.8) is 0 Å². The maximum atomic E-state index is 12.7. The van der Waals surface area contributed by atoms with Crippen LogP contribution >= 0.6 is 11.8 Å². The Morgan fingerprint density at radius 1 is 1.12 bits per heavy atom. The topological polar surface area (TPSA) is 98.2 Å². The quantitative estimate of drug-likeness (QED) is 0.386. The van der Waals surface area contributed by atoms with E-state index in [0.717, 1.165) is 22.6 Å². The second-order valence-electron chi connectivity index (χ2n) is 8.50. The van der Waals surface area contributed by atoms with E-state index < -0.39 is 5.76 Å². The Morgan fingerprint density at radius 3 is 2.68 bits per heavy atom. The molecular formula is C24H28N6O3S. The van der Waals surface area contributed by atoms with Crippen LogP contribution in [0.1, 0.15) is 17.0 Å². The van der Waals surface area contributed by atoms with Crippen molar-refractivity contribution in [1.29, 1.82) is 0 Å². The molecule has 1 amide bonds. The third-order valence-electron chi connectivity index (χ3n) is 5.46. The van der Waals surface area contributed by atoms with Gasteiger partial charge in [-0.15, -0.1) is 10.2 Å². The maximum absolute atomic E-state index is 12.7. The van der Waals surface area contributed by atoms with E-state index in [0.29, 0.717) is 35.0 Å². The zero-order valence-corrected chi connectivity index (χ0v) is 20.8. The molecule has 0 fully saturated rings. The second-order valence-corrected chi connectivity index (χ2v) is 9.44. The molecule has 10 heteroatoms. The molecule has 2 heterocycles. The van der Waals surface area contributed by atoms with Crippen LogP contribution in [-0.2, 0) is 11.3 Å². The molecule has 0 aliphatic heterocycles. The predicted molar refractivity (Wildman–Crippen MR) is 134 cm³/mol. The third kappa shape index (κ3) is 5.07. The van der Waals surface area contributed by atoms with Gasteiger partial charge in [-0.05, 0) is 70.3 Å². The lowest BCUT2D eigenvalue weighted by atomic mass is 10.1. The molecule has 0 aliphatic rings. The highest BCUT2D eigenvalue weighted by Gasteiger charge is 2.16. The minimum atomic E-state index is -0.406. The Bertz CT molecular complexity index is 1400. The molecule has 178 valence electrons. The Kier molecular flexibility index (Phi) is 6.90. The fraction of sp³-hybridized carbons (Fsp3) is 0.333. The Labute approximate surface area is 201 Å². The summed E-state index contributed by atoms with van der Waals surface area (Å²) < 4.78 is 8.88. The standard InChI is InChI=1S/C24H28N6O3S/c1-15-6-7-16(2)19(12-15)30-17(3)26-27-23(30)34-14-22(31)25-18-8-9-21-20(13-18)29(24(32)33-21)11-10-28(4)5/h6-9,12-13H,10-11,14H2,1-5H3,(H,25,31).